The third kappa shape index (κ3) is 2.57. The van der Waals surface area contributed by atoms with Crippen LogP contribution in [-0.4, -0.2) is 18.0 Å². The van der Waals surface area contributed by atoms with E-state index < -0.39 is 11.0 Å². The van der Waals surface area contributed by atoms with Crippen LogP contribution in [0.5, 0.6) is 0 Å². The molecule has 3 nitrogen and oxygen atoms in total. The second-order valence-electron chi connectivity index (χ2n) is 6.38. The van der Waals surface area contributed by atoms with Crippen molar-refractivity contribution in [2.45, 2.75) is 59.4 Å². The van der Waals surface area contributed by atoms with Crippen molar-refractivity contribution < 1.29 is 4.79 Å². The summed E-state index contributed by atoms with van der Waals surface area (Å²) in [4.78, 5) is 12.1. The fourth-order valence-corrected chi connectivity index (χ4v) is 1.61. The molecule has 1 rings (SSSR count). The third-order valence-electron chi connectivity index (χ3n) is 4.51. The molecule has 0 saturated heterocycles. The molecule has 0 spiro atoms. The van der Waals surface area contributed by atoms with Crippen LogP contribution < -0.4 is 11.1 Å². The summed E-state index contributed by atoms with van der Waals surface area (Å²) in [6.07, 6.45) is 3.65. The molecule has 1 aliphatic rings. The van der Waals surface area contributed by atoms with Gasteiger partial charge in [0.15, 0.2) is 0 Å². The van der Waals surface area contributed by atoms with E-state index in [4.69, 9.17) is 5.73 Å². The molecule has 0 aromatic heterocycles. The molecule has 1 fully saturated rings. The zero-order chi connectivity index (χ0) is 12.6. The minimum absolute atomic E-state index is 0.0692. The summed E-state index contributed by atoms with van der Waals surface area (Å²) in [6.45, 7) is 10.6. The summed E-state index contributed by atoms with van der Waals surface area (Å²) in [5.74, 6) is 0.0692. The highest BCUT2D eigenvalue weighted by Crippen LogP contribution is 2.48. The number of hydrogen-bond donors (Lipinski definition) is 2. The van der Waals surface area contributed by atoms with Crippen molar-refractivity contribution in [2.24, 2.45) is 16.6 Å². The second kappa shape index (κ2) is 4.02. The number of carbonyl (C=O) groups excluding carboxylic acids is 1. The van der Waals surface area contributed by atoms with Gasteiger partial charge in [-0.05, 0) is 52.4 Å². The van der Waals surface area contributed by atoms with Crippen molar-refractivity contribution in [1.82, 2.24) is 5.32 Å². The van der Waals surface area contributed by atoms with Gasteiger partial charge in [-0.25, -0.2) is 0 Å². The molecule has 1 amide bonds. The molecule has 0 heterocycles. The van der Waals surface area contributed by atoms with Crippen molar-refractivity contribution in [3.63, 3.8) is 0 Å². The molecular weight excluding hydrogens is 200 g/mol. The van der Waals surface area contributed by atoms with Crippen molar-refractivity contribution in [2.75, 3.05) is 6.54 Å². The lowest BCUT2D eigenvalue weighted by atomic mass is 9.74. The summed E-state index contributed by atoms with van der Waals surface area (Å²) in [5, 5.41) is 3.06. The predicted molar refractivity (Wildman–Crippen MR) is 67.0 cm³/mol. The maximum Gasteiger partial charge on any atom is 0.227 e. The molecule has 0 atom stereocenters. The van der Waals surface area contributed by atoms with E-state index in [1.807, 2.05) is 27.7 Å². The molecular formula is C13H26N2O. The van der Waals surface area contributed by atoms with Crippen molar-refractivity contribution in [3.8, 4) is 0 Å². The second-order valence-corrected chi connectivity index (χ2v) is 6.38. The minimum Gasteiger partial charge on any atom is -0.355 e. The van der Waals surface area contributed by atoms with E-state index in [0.29, 0.717) is 5.41 Å². The van der Waals surface area contributed by atoms with Crippen LogP contribution in [0.2, 0.25) is 0 Å². The van der Waals surface area contributed by atoms with Crippen molar-refractivity contribution in [1.29, 1.82) is 0 Å². The standard InChI is InChI=1S/C13H26N2O/c1-6-13(7-8-13)9-15-10(16)11(2,3)12(4,5)14/h6-9,14H2,1-5H3,(H,15,16). The van der Waals surface area contributed by atoms with Crippen LogP contribution in [0.15, 0.2) is 0 Å². The van der Waals surface area contributed by atoms with Gasteiger partial charge in [-0.1, -0.05) is 6.92 Å². The highest BCUT2D eigenvalue weighted by atomic mass is 16.2. The first-order valence-corrected chi connectivity index (χ1v) is 6.22. The smallest absolute Gasteiger partial charge is 0.227 e. The highest BCUT2D eigenvalue weighted by molar-refractivity contribution is 5.83. The van der Waals surface area contributed by atoms with E-state index in [0.717, 1.165) is 13.0 Å². The van der Waals surface area contributed by atoms with Gasteiger partial charge < -0.3 is 11.1 Å². The largest absolute Gasteiger partial charge is 0.355 e. The lowest BCUT2D eigenvalue weighted by molar-refractivity contribution is -0.132. The van der Waals surface area contributed by atoms with Gasteiger partial charge >= 0.3 is 0 Å². The lowest BCUT2D eigenvalue weighted by Gasteiger charge is -2.37. The van der Waals surface area contributed by atoms with Crippen LogP contribution in [0, 0.1) is 10.8 Å². The molecule has 0 aliphatic heterocycles. The first-order valence-electron chi connectivity index (χ1n) is 6.22. The number of carbonyl (C=O) groups is 1. The Bertz CT molecular complexity index is 272. The van der Waals surface area contributed by atoms with Gasteiger partial charge in [-0.3, -0.25) is 4.79 Å². The summed E-state index contributed by atoms with van der Waals surface area (Å²) in [6, 6.07) is 0. The number of hydrogen-bond acceptors (Lipinski definition) is 2. The maximum atomic E-state index is 12.1. The normalized spacial score (nSPS) is 19.4. The van der Waals surface area contributed by atoms with Crippen LogP contribution in [0.1, 0.15) is 53.9 Å². The molecule has 94 valence electrons. The molecule has 1 saturated carbocycles. The van der Waals surface area contributed by atoms with Crippen LogP contribution in [-0.2, 0) is 4.79 Å². The van der Waals surface area contributed by atoms with E-state index >= 15 is 0 Å². The van der Waals surface area contributed by atoms with Gasteiger partial charge in [0.25, 0.3) is 0 Å². The Morgan fingerprint density at radius 3 is 2.12 bits per heavy atom. The predicted octanol–water partition coefficient (Wildman–Crippen LogP) is 2.06. The monoisotopic (exact) mass is 226 g/mol. The van der Waals surface area contributed by atoms with Crippen LogP contribution in [0.25, 0.3) is 0 Å². The molecule has 3 N–H and O–H groups in total. The van der Waals surface area contributed by atoms with E-state index in [1.165, 1.54) is 12.8 Å². The Kier molecular flexibility index (Phi) is 3.39. The Morgan fingerprint density at radius 2 is 1.81 bits per heavy atom. The first kappa shape index (κ1) is 13.5. The Labute approximate surface area is 99.2 Å². The topological polar surface area (TPSA) is 55.1 Å². The fourth-order valence-electron chi connectivity index (χ4n) is 1.61. The van der Waals surface area contributed by atoms with E-state index in [2.05, 4.69) is 12.2 Å². The summed E-state index contributed by atoms with van der Waals surface area (Å²) >= 11 is 0. The average molecular weight is 226 g/mol. The maximum absolute atomic E-state index is 12.1. The first-order chi connectivity index (χ1) is 7.15. The van der Waals surface area contributed by atoms with Gasteiger partial charge in [-0.2, -0.15) is 0 Å². The van der Waals surface area contributed by atoms with Crippen molar-refractivity contribution in [3.05, 3.63) is 0 Å². The molecule has 3 heteroatoms. The minimum atomic E-state index is -0.531. The Balaban J connectivity index is 2.52. The molecule has 0 aromatic carbocycles. The van der Waals surface area contributed by atoms with Crippen LogP contribution >= 0.6 is 0 Å². The molecule has 16 heavy (non-hydrogen) atoms. The van der Waals surface area contributed by atoms with E-state index in [-0.39, 0.29) is 5.91 Å². The van der Waals surface area contributed by atoms with Gasteiger partial charge in [-0.15, -0.1) is 0 Å². The van der Waals surface area contributed by atoms with Gasteiger partial charge in [0.2, 0.25) is 5.91 Å². The third-order valence-corrected chi connectivity index (χ3v) is 4.51. The molecule has 0 aromatic rings. The molecule has 1 aliphatic carbocycles. The Hall–Kier alpha value is -0.570. The molecule has 0 bridgehead atoms. The fraction of sp³-hybridized carbons (Fsp3) is 0.923. The molecule has 0 unspecified atom stereocenters. The summed E-state index contributed by atoms with van der Waals surface area (Å²) < 4.78 is 0. The summed E-state index contributed by atoms with van der Waals surface area (Å²) in [7, 11) is 0. The van der Waals surface area contributed by atoms with E-state index in [1.54, 1.807) is 0 Å². The number of nitrogens with two attached hydrogens (primary N) is 1. The Morgan fingerprint density at radius 1 is 1.31 bits per heavy atom. The van der Waals surface area contributed by atoms with Crippen LogP contribution in [0.4, 0.5) is 0 Å². The number of amides is 1. The van der Waals surface area contributed by atoms with Gasteiger partial charge in [0, 0.05) is 12.1 Å². The van der Waals surface area contributed by atoms with Crippen molar-refractivity contribution >= 4 is 5.91 Å². The number of rotatable bonds is 5. The number of nitrogens with one attached hydrogen (secondary N) is 1. The zero-order valence-corrected chi connectivity index (χ0v) is 11.3. The zero-order valence-electron chi connectivity index (χ0n) is 11.3. The SMILES string of the molecule is CCC1(CNC(=O)C(C)(C)C(C)(C)N)CC1. The highest BCUT2D eigenvalue weighted by Gasteiger charge is 2.44. The van der Waals surface area contributed by atoms with Gasteiger partial charge in [0.1, 0.15) is 0 Å². The van der Waals surface area contributed by atoms with Crippen LogP contribution in [0.3, 0.4) is 0 Å². The quantitative estimate of drug-likeness (QED) is 0.754. The van der Waals surface area contributed by atoms with E-state index in [9.17, 15) is 4.79 Å². The van der Waals surface area contributed by atoms with Gasteiger partial charge in [0.05, 0.1) is 5.41 Å². The lowest BCUT2D eigenvalue weighted by Crippen LogP contribution is -2.56. The molecule has 0 radical (unpaired) electrons. The average Bonchev–Trinajstić information content (AvgIpc) is 2.93. The summed E-state index contributed by atoms with van der Waals surface area (Å²) in [5.41, 5.74) is 5.40.